The van der Waals surface area contributed by atoms with Crippen molar-refractivity contribution in [3.05, 3.63) is 24.3 Å². The van der Waals surface area contributed by atoms with Crippen LogP contribution in [0.3, 0.4) is 0 Å². The summed E-state index contributed by atoms with van der Waals surface area (Å²) in [6.07, 6.45) is 0.0301. The zero-order valence-corrected chi connectivity index (χ0v) is 13.1. The van der Waals surface area contributed by atoms with Crippen LogP contribution in [0, 0.1) is 5.92 Å². The molecule has 0 heterocycles. The van der Waals surface area contributed by atoms with E-state index in [0.717, 1.165) is 6.42 Å². The third-order valence-corrected chi connectivity index (χ3v) is 3.99. The second-order valence-corrected chi connectivity index (χ2v) is 5.95. The highest BCUT2D eigenvalue weighted by molar-refractivity contribution is 7.80. The summed E-state index contributed by atoms with van der Waals surface area (Å²) in [5.41, 5.74) is 0.621. The van der Waals surface area contributed by atoms with Gasteiger partial charge in [-0.15, -0.1) is 13.2 Å². The van der Waals surface area contributed by atoms with Gasteiger partial charge >= 0.3 is 6.36 Å². The first-order valence-electron chi connectivity index (χ1n) is 7.27. The Labute approximate surface area is 133 Å². The standard InChI is InChI=1S/C15H19F3N2OS/c1-10-4-2-3-5-13(10)20-14(22)19-11-6-8-12(9-7-11)21-15(16,17)18/h6-10,13H,2-5H2,1H3,(H2,19,20,22)/t10-,13+/m0/s1. The van der Waals surface area contributed by atoms with Crippen molar-refractivity contribution in [3.8, 4) is 5.75 Å². The third kappa shape index (κ3) is 5.36. The highest BCUT2D eigenvalue weighted by Crippen LogP contribution is 2.25. The van der Waals surface area contributed by atoms with Gasteiger partial charge in [0.1, 0.15) is 5.75 Å². The molecule has 7 heteroatoms. The number of nitrogens with one attached hydrogen (secondary N) is 2. The first-order valence-corrected chi connectivity index (χ1v) is 7.67. The molecule has 1 aliphatic rings. The molecule has 2 N–H and O–H groups in total. The molecule has 0 radical (unpaired) electrons. The van der Waals surface area contributed by atoms with Gasteiger partial charge in [-0.2, -0.15) is 0 Å². The molecule has 122 valence electrons. The monoisotopic (exact) mass is 332 g/mol. The lowest BCUT2D eigenvalue weighted by Gasteiger charge is -2.30. The Morgan fingerprint density at radius 2 is 1.82 bits per heavy atom. The van der Waals surface area contributed by atoms with Crippen molar-refractivity contribution in [3.63, 3.8) is 0 Å². The fourth-order valence-electron chi connectivity index (χ4n) is 2.61. The van der Waals surface area contributed by atoms with Crippen molar-refractivity contribution in [2.45, 2.75) is 45.0 Å². The Bertz CT molecular complexity index is 505. The number of halogens is 3. The molecular formula is C15H19F3N2OS. The van der Waals surface area contributed by atoms with Crippen molar-refractivity contribution in [1.29, 1.82) is 0 Å². The zero-order chi connectivity index (χ0) is 16.2. The quantitative estimate of drug-likeness (QED) is 0.801. The number of anilines is 1. The first-order chi connectivity index (χ1) is 10.3. The van der Waals surface area contributed by atoms with Crippen LogP contribution < -0.4 is 15.4 Å². The van der Waals surface area contributed by atoms with E-state index in [-0.39, 0.29) is 5.75 Å². The fourth-order valence-corrected chi connectivity index (χ4v) is 2.88. The molecule has 2 rings (SSSR count). The minimum atomic E-state index is -4.68. The molecule has 22 heavy (non-hydrogen) atoms. The van der Waals surface area contributed by atoms with Gasteiger partial charge in [-0.25, -0.2) is 0 Å². The molecule has 3 nitrogen and oxygen atoms in total. The normalized spacial score (nSPS) is 22.0. The Kier molecular flexibility index (Phi) is 5.50. The number of alkyl halides is 3. The topological polar surface area (TPSA) is 33.3 Å². The second kappa shape index (κ2) is 7.17. The molecule has 2 atom stereocenters. The number of benzene rings is 1. The highest BCUT2D eigenvalue weighted by Gasteiger charge is 2.31. The predicted octanol–water partition coefficient (Wildman–Crippen LogP) is 4.45. The first kappa shape index (κ1) is 16.9. The maximum atomic E-state index is 12.1. The second-order valence-electron chi connectivity index (χ2n) is 5.54. The van der Waals surface area contributed by atoms with E-state index in [1.807, 2.05) is 0 Å². The zero-order valence-electron chi connectivity index (χ0n) is 12.2. The molecule has 0 spiro atoms. The van der Waals surface area contributed by atoms with Crippen LogP contribution in [0.4, 0.5) is 18.9 Å². The Morgan fingerprint density at radius 3 is 2.41 bits per heavy atom. The van der Waals surface area contributed by atoms with Crippen LogP contribution >= 0.6 is 12.2 Å². The van der Waals surface area contributed by atoms with Crippen molar-refractivity contribution in [2.24, 2.45) is 5.92 Å². The predicted molar refractivity (Wildman–Crippen MR) is 83.9 cm³/mol. The largest absolute Gasteiger partial charge is 0.573 e. The van der Waals surface area contributed by atoms with Gasteiger partial charge in [-0.3, -0.25) is 0 Å². The lowest BCUT2D eigenvalue weighted by Crippen LogP contribution is -2.43. The van der Waals surface area contributed by atoms with Gasteiger partial charge in [0, 0.05) is 11.7 Å². The highest BCUT2D eigenvalue weighted by atomic mass is 32.1. The smallest absolute Gasteiger partial charge is 0.406 e. The summed E-state index contributed by atoms with van der Waals surface area (Å²) in [5, 5.41) is 6.75. The van der Waals surface area contributed by atoms with Crippen molar-refractivity contribution < 1.29 is 17.9 Å². The van der Waals surface area contributed by atoms with Crippen LogP contribution in [-0.2, 0) is 0 Å². The van der Waals surface area contributed by atoms with Crippen LogP contribution in [0.15, 0.2) is 24.3 Å². The van der Waals surface area contributed by atoms with Crippen LogP contribution in [0.1, 0.15) is 32.6 Å². The number of rotatable bonds is 3. The molecule has 0 amide bonds. The van der Waals surface area contributed by atoms with Crippen molar-refractivity contribution >= 4 is 23.0 Å². The average molecular weight is 332 g/mol. The van der Waals surface area contributed by atoms with Gasteiger partial charge in [0.2, 0.25) is 0 Å². The minimum Gasteiger partial charge on any atom is -0.406 e. The fraction of sp³-hybridized carbons (Fsp3) is 0.533. The average Bonchev–Trinajstić information content (AvgIpc) is 2.42. The summed E-state index contributed by atoms with van der Waals surface area (Å²) in [5.74, 6) is 0.314. The van der Waals surface area contributed by atoms with Crippen LogP contribution in [-0.4, -0.2) is 17.5 Å². The van der Waals surface area contributed by atoms with Crippen molar-refractivity contribution in [2.75, 3.05) is 5.32 Å². The number of hydrogen-bond acceptors (Lipinski definition) is 2. The summed E-state index contributed by atoms with van der Waals surface area (Å²) in [4.78, 5) is 0. The van der Waals surface area contributed by atoms with E-state index in [1.165, 1.54) is 43.5 Å². The summed E-state index contributed by atoms with van der Waals surface area (Å²) in [6, 6.07) is 5.85. The molecule has 0 unspecified atom stereocenters. The van der Waals surface area contributed by atoms with E-state index in [0.29, 0.717) is 22.8 Å². The van der Waals surface area contributed by atoms with Gasteiger partial charge < -0.3 is 15.4 Å². The molecule has 1 aromatic carbocycles. The van der Waals surface area contributed by atoms with E-state index in [2.05, 4.69) is 22.3 Å². The van der Waals surface area contributed by atoms with Gasteiger partial charge in [0.25, 0.3) is 0 Å². The van der Waals surface area contributed by atoms with Gasteiger partial charge in [0.05, 0.1) is 0 Å². The molecule has 0 bridgehead atoms. The minimum absolute atomic E-state index is 0.252. The lowest BCUT2D eigenvalue weighted by atomic mass is 9.86. The number of hydrogen-bond donors (Lipinski definition) is 2. The Balaban J connectivity index is 1.86. The van der Waals surface area contributed by atoms with Crippen LogP contribution in [0.2, 0.25) is 0 Å². The molecular weight excluding hydrogens is 313 g/mol. The Hall–Kier alpha value is -1.50. The van der Waals surface area contributed by atoms with E-state index in [4.69, 9.17) is 12.2 Å². The van der Waals surface area contributed by atoms with E-state index < -0.39 is 6.36 Å². The van der Waals surface area contributed by atoms with Gasteiger partial charge in [-0.05, 0) is 55.2 Å². The summed E-state index contributed by atoms with van der Waals surface area (Å²) in [6.45, 7) is 2.20. The van der Waals surface area contributed by atoms with Crippen LogP contribution in [0.25, 0.3) is 0 Å². The van der Waals surface area contributed by atoms with E-state index >= 15 is 0 Å². The third-order valence-electron chi connectivity index (χ3n) is 3.77. The summed E-state index contributed by atoms with van der Waals surface area (Å²) < 4.78 is 40.1. The summed E-state index contributed by atoms with van der Waals surface area (Å²) >= 11 is 5.26. The number of ether oxygens (including phenoxy) is 1. The lowest BCUT2D eigenvalue weighted by molar-refractivity contribution is -0.274. The van der Waals surface area contributed by atoms with Crippen molar-refractivity contribution in [1.82, 2.24) is 5.32 Å². The van der Waals surface area contributed by atoms with E-state index in [1.54, 1.807) is 0 Å². The summed E-state index contributed by atoms with van der Waals surface area (Å²) in [7, 11) is 0. The van der Waals surface area contributed by atoms with Gasteiger partial charge in [0.15, 0.2) is 5.11 Å². The molecule has 1 aliphatic carbocycles. The van der Waals surface area contributed by atoms with Crippen LogP contribution in [0.5, 0.6) is 5.75 Å². The molecule has 1 aromatic rings. The maximum Gasteiger partial charge on any atom is 0.573 e. The van der Waals surface area contributed by atoms with Gasteiger partial charge in [-0.1, -0.05) is 19.8 Å². The number of thiocarbonyl (C=S) groups is 1. The molecule has 1 saturated carbocycles. The molecule has 1 fully saturated rings. The molecule has 0 saturated heterocycles. The Morgan fingerprint density at radius 1 is 1.18 bits per heavy atom. The molecule has 0 aliphatic heterocycles. The van der Waals surface area contributed by atoms with E-state index in [9.17, 15) is 13.2 Å². The molecule has 0 aromatic heterocycles. The SMILES string of the molecule is C[C@H]1CCCC[C@H]1NC(=S)Nc1ccc(OC(F)(F)F)cc1. The maximum absolute atomic E-state index is 12.1.